The van der Waals surface area contributed by atoms with Gasteiger partial charge in [0.1, 0.15) is 11.5 Å². The van der Waals surface area contributed by atoms with Crippen molar-refractivity contribution in [3.8, 4) is 11.4 Å². The van der Waals surface area contributed by atoms with Gasteiger partial charge >= 0.3 is 6.17 Å². The average Bonchev–Trinajstić information content (AvgIpc) is 3.64. The molecule has 0 bridgehead atoms. The van der Waals surface area contributed by atoms with E-state index in [4.69, 9.17) is 6.57 Å². The highest BCUT2D eigenvalue weighted by Crippen LogP contribution is 2.47. The zero-order valence-corrected chi connectivity index (χ0v) is 21.5. The quantitative estimate of drug-likeness (QED) is 0.493. The number of H-pyrrole nitrogens is 1. The number of rotatable bonds is 6. The average molecular weight is 512 g/mol. The van der Waals surface area contributed by atoms with Crippen molar-refractivity contribution in [3.63, 3.8) is 0 Å². The molecule has 3 atom stereocenters. The summed E-state index contributed by atoms with van der Waals surface area (Å²) in [6.45, 7) is 11.8. The number of likely N-dealkylation sites (tertiary alicyclic amines) is 1. The first kappa shape index (κ1) is 25.1. The molecule has 0 saturated carbocycles. The Morgan fingerprint density at radius 3 is 2.61 bits per heavy atom. The van der Waals surface area contributed by atoms with Crippen molar-refractivity contribution in [2.75, 3.05) is 18.9 Å². The number of nitrogens with one attached hydrogen (secondary N) is 2. The van der Waals surface area contributed by atoms with Gasteiger partial charge in [-0.2, -0.15) is 5.10 Å². The zero-order chi connectivity index (χ0) is 27.0. The third-order valence-electron chi connectivity index (χ3n) is 7.38. The normalized spacial score (nSPS) is 20.8. The van der Waals surface area contributed by atoms with Gasteiger partial charge in [0.25, 0.3) is 11.8 Å². The van der Waals surface area contributed by atoms with E-state index in [0.717, 1.165) is 11.1 Å². The molecule has 10 heteroatoms. The number of hydrogen-bond donors (Lipinski definition) is 2. The molecule has 1 aromatic heterocycles. The standard InChI is InChI=1S/C28H29N7O3/c1-17(2)14-21(34(4)26(37)24-31-23(32-33-24)18-10-6-5-7-11-18)25(36)35-16-28(15-22(35)29-3)19-12-8-9-13-20(19)30-27(28)38/h5-13,17,21-22H,14-16H2,1-2,4H3,(H,30,38)(H,31,32,33)/t21-,22-,28-/m0/s1. The number of benzene rings is 2. The highest BCUT2D eigenvalue weighted by Gasteiger charge is 2.59. The molecule has 0 radical (unpaired) electrons. The van der Waals surface area contributed by atoms with E-state index in [9.17, 15) is 14.4 Å². The van der Waals surface area contributed by atoms with Crippen molar-refractivity contribution >= 4 is 23.4 Å². The van der Waals surface area contributed by atoms with E-state index >= 15 is 0 Å². The summed E-state index contributed by atoms with van der Waals surface area (Å²) < 4.78 is 0. The third-order valence-corrected chi connectivity index (χ3v) is 7.38. The number of nitrogens with zero attached hydrogens (tertiary/aromatic N) is 5. The molecule has 0 aliphatic carbocycles. The molecule has 2 aromatic carbocycles. The van der Waals surface area contributed by atoms with Crippen LogP contribution in [-0.4, -0.2) is 68.5 Å². The van der Waals surface area contributed by atoms with Crippen LogP contribution in [-0.2, 0) is 15.0 Å². The summed E-state index contributed by atoms with van der Waals surface area (Å²) in [5.41, 5.74) is 1.29. The number of likely N-dealkylation sites (N-methyl/N-ethyl adjacent to an activating group) is 1. The fraction of sp³-hybridized carbons (Fsp3) is 0.357. The maximum absolute atomic E-state index is 14.0. The molecule has 1 saturated heterocycles. The second kappa shape index (κ2) is 9.74. The van der Waals surface area contributed by atoms with Crippen LogP contribution in [0.25, 0.3) is 16.2 Å². The minimum absolute atomic E-state index is 0.0247. The van der Waals surface area contributed by atoms with Crippen LogP contribution in [0.4, 0.5) is 5.69 Å². The van der Waals surface area contributed by atoms with E-state index in [1.54, 1.807) is 7.05 Å². The van der Waals surface area contributed by atoms with Gasteiger partial charge in [-0.15, -0.1) is 0 Å². The highest BCUT2D eigenvalue weighted by atomic mass is 16.2. The first-order chi connectivity index (χ1) is 18.2. The van der Waals surface area contributed by atoms with E-state index in [-0.39, 0.29) is 36.5 Å². The number of carbonyl (C=O) groups is 3. The van der Waals surface area contributed by atoms with Gasteiger partial charge < -0.3 is 10.2 Å². The van der Waals surface area contributed by atoms with Crippen molar-refractivity contribution in [1.29, 1.82) is 0 Å². The lowest BCUT2D eigenvalue weighted by Crippen LogP contribution is -2.51. The van der Waals surface area contributed by atoms with Crippen LogP contribution in [0.3, 0.4) is 0 Å². The van der Waals surface area contributed by atoms with Crippen molar-refractivity contribution in [2.24, 2.45) is 5.92 Å². The van der Waals surface area contributed by atoms with Crippen molar-refractivity contribution in [1.82, 2.24) is 25.0 Å². The molecule has 10 nitrogen and oxygen atoms in total. The summed E-state index contributed by atoms with van der Waals surface area (Å²) in [7, 11) is 1.56. The fourth-order valence-electron chi connectivity index (χ4n) is 5.40. The maximum atomic E-state index is 14.0. The zero-order valence-electron chi connectivity index (χ0n) is 21.5. The van der Waals surface area contributed by atoms with Gasteiger partial charge in [0.2, 0.25) is 11.7 Å². The number of fused-ring (bicyclic) bond motifs is 2. The summed E-state index contributed by atoms with van der Waals surface area (Å²) >= 11 is 0. The lowest BCUT2D eigenvalue weighted by Gasteiger charge is -2.31. The van der Waals surface area contributed by atoms with Crippen LogP contribution in [0.1, 0.15) is 42.9 Å². The highest BCUT2D eigenvalue weighted by molar-refractivity contribution is 6.07. The van der Waals surface area contributed by atoms with E-state index in [2.05, 4.69) is 25.3 Å². The summed E-state index contributed by atoms with van der Waals surface area (Å²) in [5.74, 6) is -0.538. The number of anilines is 1. The Morgan fingerprint density at radius 2 is 1.89 bits per heavy atom. The van der Waals surface area contributed by atoms with Gasteiger partial charge in [-0.05, 0) is 24.0 Å². The summed E-state index contributed by atoms with van der Waals surface area (Å²) in [6, 6.07) is 15.8. The molecule has 3 heterocycles. The predicted octanol–water partition coefficient (Wildman–Crippen LogP) is 3.33. The van der Waals surface area contributed by atoms with E-state index in [1.807, 2.05) is 68.4 Å². The number of aromatic amines is 1. The molecule has 38 heavy (non-hydrogen) atoms. The Bertz CT molecular complexity index is 1430. The van der Waals surface area contributed by atoms with Crippen molar-refractivity contribution in [2.45, 2.75) is 44.3 Å². The fourth-order valence-corrected chi connectivity index (χ4v) is 5.40. The van der Waals surface area contributed by atoms with Gasteiger partial charge in [-0.25, -0.2) is 11.6 Å². The molecule has 2 aliphatic rings. The molecule has 1 fully saturated rings. The molecule has 0 unspecified atom stereocenters. The lowest BCUT2D eigenvalue weighted by molar-refractivity contribution is -0.136. The van der Waals surface area contributed by atoms with Gasteiger partial charge in [0.15, 0.2) is 5.82 Å². The largest absolute Gasteiger partial charge is 0.327 e. The SMILES string of the molecule is [C-]#[N+][C@@H]1C[C@@]2(CN1C(=O)[C@H](CC(C)C)N(C)C(=O)c1nc(-c3ccccc3)n[nH]1)C(=O)Nc1ccccc12. The molecule has 2 N–H and O–H groups in total. The summed E-state index contributed by atoms with van der Waals surface area (Å²) in [5, 5.41) is 9.78. The molecule has 5 rings (SSSR count). The Kier molecular flexibility index (Phi) is 6.45. The number of aromatic nitrogens is 3. The third kappa shape index (κ3) is 4.20. The topological polar surface area (TPSA) is 116 Å². The van der Waals surface area contributed by atoms with Gasteiger partial charge in [-0.1, -0.05) is 62.4 Å². The van der Waals surface area contributed by atoms with Crippen LogP contribution in [0.2, 0.25) is 0 Å². The van der Waals surface area contributed by atoms with Crippen LogP contribution >= 0.6 is 0 Å². The van der Waals surface area contributed by atoms with Crippen LogP contribution < -0.4 is 5.32 Å². The first-order valence-electron chi connectivity index (χ1n) is 12.6. The van der Waals surface area contributed by atoms with Gasteiger partial charge in [-0.3, -0.25) is 29.2 Å². The second-order valence-corrected chi connectivity index (χ2v) is 10.3. The van der Waals surface area contributed by atoms with Crippen molar-refractivity contribution < 1.29 is 14.4 Å². The van der Waals surface area contributed by atoms with E-state index in [0.29, 0.717) is 17.9 Å². The minimum atomic E-state index is -0.984. The number of hydrogen-bond acceptors (Lipinski definition) is 5. The second-order valence-electron chi connectivity index (χ2n) is 10.3. The van der Waals surface area contributed by atoms with Crippen LogP contribution in [0.5, 0.6) is 0 Å². The number of amides is 3. The summed E-state index contributed by atoms with van der Waals surface area (Å²) in [6.07, 6.45) is -0.218. The predicted molar refractivity (Wildman–Crippen MR) is 141 cm³/mol. The Hall–Kier alpha value is -4.52. The van der Waals surface area contributed by atoms with Crippen molar-refractivity contribution in [3.05, 3.63) is 77.4 Å². The Balaban J connectivity index is 1.42. The van der Waals surface area contributed by atoms with Crippen LogP contribution in [0.15, 0.2) is 54.6 Å². The minimum Gasteiger partial charge on any atom is -0.327 e. The van der Waals surface area contributed by atoms with E-state index in [1.165, 1.54) is 9.80 Å². The number of para-hydroxylation sites is 1. The molecule has 2 aliphatic heterocycles. The van der Waals surface area contributed by atoms with Gasteiger partial charge in [0, 0.05) is 24.8 Å². The molecular formula is C28H29N7O3. The molecule has 3 amide bonds. The first-order valence-corrected chi connectivity index (χ1v) is 12.6. The maximum Gasteiger partial charge on any atom is 0.302 e. The molecule has 3 aromatic rings. The Labute approximate surface area is 220 Å². The molecular weight excluding hydrogens is 482 g/mol. The van der Waals surface area contributed by atoms with E-state index < -0.39 is 23.5 Å². The molecule has 194 valence electrons. The molecule has 1 spiro atoms. The monoisotopic (exact) mass is 511 g/mol. The van der Waals surface area contributed by atoms with Crippen LogP contribution in [0, 0.1) is 12.5 Å². The lowest BCUT2D eigenvalue weighted by atomic mass is 9.80. The smallest absolute Gasteiger partial charge is 0.302 e. The van der Waals surface area contributed by atoms with Gasteiger partial charge in [0.05, 0.1) is 6.42 Å². The Morgan fingerprint density at radius 1 is 1.18 bits per heavy atom. The number of carbonyl (C=O) groups excluding carboxylic acids is 3. The summed E-state index contributed by atoms with van der Waals surface area (Å²) in [4.78, 5) is 51.5.